The summed E-state index contributed by atoms with van der Waals surface area (Å²) in [6.07, 6.45) is -1.32. The zero-order valence-corrected chi connectivity index (χ0v) is 14.4. The maximum absolute atomic E-state index is 13.2. The standard InChI is InChI=1S/C18H20F3N3O2/c1-2-12-7-5-6-10-23(12)15(25)11-24-14-9-4-3-8-13(14)22-16(17(24)26)18(19,20)21/h3-4,8-9,12H,2,5-7,10-11H2,1H3/t12-/m1/s1. The highest BCUT2D eigenvalue weighted by Crippen LogP contribution is 2.26. The molecular weight excluding hydrogens is 347 g/mol. The number of piperidine rings is 1. The number of likely N-dealkylation sites (tertiary alicyclic amines) is 1. The lowest BCUT2D eigenvalue weighted by Crippen LogP contribution is -2.46. The number of amides is 1. The highest BCUT2D eigenvalue weighted by molar-refractivity contribution is 5.80. The predicted molar refractivity (Wildman–Crippen MR) is 90.6 cm³/mol. The van der Waals surface area contributed by atoms with Crippen LogP contribution in [0.5, 0.6) is 0 Å². The Morgan fingerprint density at radius 2 is 2.00 bits per heavy atom. The number of carbonyl (C=O) groups excluding carboxylic acids is 1. The van der Waals surface area contributed by atoms with E-state index in [0.717, 1.165) is 30.3 Å². The lowest BCUT2D eigenvalue weighted by Gasteiger charge is -2.35. The minimum Gasteiger partial charge on any atom is -0.338 e. The lowest BCUT2D eigenvalue weighted by atomic mass is 10.00. The van der Waals surface area contributed by atoms with E-state index in [2.05, 4.69) is 4.98 Å². The Hall–Kier alpha value is -2.38. The fraction of sp³-hybridized carbons (Fsp3) is 0.500. The summed E-state index contributed by atoms with van der Waals surface area (Å²) in [7, 11) is 0. The second-order valence-corrected chi connectivity index (χ2v) is 6.48. The minimum absolute atomic E-state index is 0.0397. The molecule has 1 saturated heterocycles. The number of benzene rings is 1. The van der Waals surface area contributed by atoms with Gasteiger partial charge >= 0.3 is 6.18 Å². The third-order valence-electron chi connectivity index (χ3n) is 4.83. The average molecular weight is 367 g/mol. The van der Waals surface area contributed by atoms with Gasteiger partial charge in [-0.15, -0.1) is 0 Å². The highest BCUT2D eigenvalue weighted by atomic mass is 19.4. The minimum atomic E-state index is -4.87. The van der Waals surface area contributed by atoms with Crippen LogP contribution in [-0.4, -0.2) is 32.9 Å². The molecule has 1 aromatic heterocycles. The predicted octanol–water partition coefficient (Wildman–Crippen LogP) is 3.21. The summed E-state index contributed by atoms with van der Waals surface area (Å²) in [5.41, 5.74) is -2.51. The van der Waals surface area contributed by atoms with Crippen molar-refractivity contribution in [3.8, 4) is 0 Å². The number of hydrogen-bond acceptors (Lipinski definition) is 3. The summed E-state index contributed by atoms with van der Waals surface area (Å²) in [6, 6.07) is 6.13. The van der Waals surface area contributed by atoms with E-state index < -0.39 is 24.0 Å². The third-order valence-corrected chi connectivity index (χ3v) is 4.83. The molecule has 0 aliphatic carbocycles. The van der Waals surface area contributed by atoms with Gasteiger partial charge in [0.05, 0.1) is 11.0 Å². The molecular formula is C18H20F3N3O2. The Labute approximate surface area is 148 Å². The van der Waals surface area contributed by atoms with E-state index in [-0.39, 0.29) is 23.0 Å². The first kappa shape index (κ1) is 18.4. The van der Waals surface area contributed by atoms with Crippen LogP contribution in [0.2, 0.25) is 0 Å². The van der Waals surface area contributed by atoms with Crippen molar-refractivity contribution in [3.63, 3.8) is 0 Å². The Balaban J connectivity index is 2.05. The van der Waals surface area contributed by atoms with E-state index in [0.29, 0.717) is 6.54 Å². The monoisotopic (exact) mass is 367 g/mol. The van der Waals surface area contributed by atoms with Crippen molar-refractivity contribution in [1.82, 2.24) is 14.5 Å². The molecule has 1 atom stereocenters. The third kappa shape index (κ3) is 3.45. The quantitative estimate of drug-likeness (QED) is 0.837. The summed E-state index contributed by atoms with van der Waals surface area (Å²) in [4.78, 5) is 30.3. The van der Waals surface area contributed by atoms with E-state index >= 15 is 0 Å². The molecule has 1 aliphatic rings. The van der Waals surface area contributed by atoms with Gasteiger partial charge in [-0.1, -0.05) is 19.1 Å². The molecule has 0 saturated carbocycles. The number of nitrogens with zero attached hydrogens (tertiary/aromatic N) is 3. The van der Waals surface area contributed by atoms with Crippen molar-refractivity contribution in [2.24, 2.45) is 0 Å². The number of halogens is 3. The van der Waals surface area contributed by atoms with E-state index in [4.69, 9.17) is 0 Å². The zero-order valence-electron chi connectivity index (χ0n) is 14.4. The van der Waals surface area contributed by atoms with Crippen molar-refractivity contribution in [2.45, 2.75) is 51.4 Å². The fourth-order valence-corrected chi connectivity index (χ4v) is 3.51. The fourth-order valence-electron chi connectivity index (χ4n) is 3.51. The molecule has 8 heteroatoms. The smallest absolute Gasteiger partial charge is 0.338 e. The van der Waals surface area contributed by atoms with Crippen molar-refractivity contribution >= 4 is 16.9 Å². The molecule has 0 N–H and O–H groups in total. The van der Waals surface area contributed by atoms with Crippen LogP contribution >= 0.6 is 0 Å². The van der Waals surface area contributed by atoms with E-state index in [1.54, 1.807) is 17.0 Å². The number of carbonyl (C=O) groups is 1. The van der Waals surface area contributed by atoms with Crippen LogP contribution in [0, 0.1) is 0 Å². The normalized spacial score (nSPS) is 18.3. The van der Waals surface area contributed by atoms with Gasteiger partial charge < -0.3 is 4.90 Å². The second kappa shape index (κ2) is 7.09. The van der Waals surface area contributed by atoms with Gasteiger partial charge in [0, 0.05) is 12.6 Å². The molecule has 5 nitrogen and oxygen atoms in total. The summed E-state index contributed by atoms with van der Waals surface area (Å²) >= 11 is 0. The number of rotatable bonds is 3. The molecule has 1 fully saturated rings. The Morgan fingerprint density at radius 3 is 2.69 bits per heavy atom. The molecule has 26 heavy (non-hydrogen) atoms. The molecule has 1 amide bonds. The van der Waals surface area contributed by atoms with E-state index in [9.17, 15) is 22.8 Å². The first-order valence-electron chi connectivity index (χ1n) is 8.69. The van der Waals surface area contributed by atoms with Crippen LogP contribution in [0.4, 0.5) is 13.2 Å². The summed E-state index contributed by atoms with van der Waals surface area (Å²) in [5.74, 6) is -0.330. The molecule has 3 rings (SSSR count). The van der Waals surface area contributed by atoms with Crippen LogP contribution < -0.4 is 5.56 Å². The molecule has 2 heterocycles. The van der Waals surface area contributed by atoms with Gasteiger partial charge in [0.2, 0.25) is 11.6 Å². The molecule has 0 radical (unpaired) electrons. The van der Waals surface area contributed by atoms with Crippen LogP contribution in [0.1, 0.15) is 38.3 Å². The van der Waals surface area contributed by atoms with Gasteiger partial charge in [0.15, 0.2) is 0 Å². The SMILES string of the molecule is CC[C@@H]1CCCCN1C(=O)Cn1c(=O)c(C(F)(F)F)nc2ccccc21. The zero-order chi connectivity index (χ0) is 18.9. The van der Waals surface area contributed by atoms with E-state index in [1.165, 1.54) is 12.1 Å². The highest BCUT2D eigenvalue weighted by Gasteiger charge is 2.38. The van der Waals surface area contributed by atoms with E-state index in [1.807, 2.05) is 6.92 Å². The van der Waals surface area contributed by atoms with Crippen LogP contribution in [-0.2, 0) is 17.5 Å². The largest absolute Gasteiger partial charge is 0.438 e. The van der Waals surface area contributed by atoms with Gasteiger partial charge in [0.1, 0.15) is 6.54 Å². The summed E-state index contributed by atoms with van der Waals surface area (Å²) in [6.45, 7) is 2.13. The Kier molecular flexibility index (Phi) is 5.02. The molecule has 2 aromatic rings. The lowest BCUT2D eigenvalue weighted by molar-refractivity contribution is -0.143. The molecule has 0 bridgehead atoms. The van der Waals surface area contributed by atoms with Crippen molar-refractivity contribution in [3.05, 3.63) is 40.3 Å². The van der Waals surface area contributed by atoms with Crippen LogP contribution in [0.25, 0.3) is 11.0 Å². The number of para-hydroxylation sites is 2. The average Bonchev–Trinajstić information content (AvgIpc) is 2.62. The van der Waals surface area contributed by atoms with Crippen molar-refractivity contribution < 1.29 is 18.0 Å². The first-order valence-corrected chi connectivity index (χ1v) is 8.69. The van der Waals surface area contributed by atoms with Crippen LogP contribution in [0.15, 0.2) is 29.1 Å². The first-order chi connectivity index (χ1) is 12.3. The number of hydrogen-bond donors (Lipinski definition) is 0. The molecule has 1 aliphatic heterocycles. The van der Waals surface area contributed by atoms with Gasteiger partial charge in [-0.25, -0.2) is 4.98 Å². The molecule has 1 aromatic carbocycles. The molecule has 140 valence electrons. The van der Waals surface area contributed by atoms with Gasteiger partial charge in [0.25, 0.3) is 5.56 Å². The molecule has 0 unspecified atom stereocenters. The summed E-state index contributed by atoms with van der Waals surface area (Å²) < 4.78 is 40.5. The number of aromatic nitrogens is 2. The maximum atomic E-state index is 13.2. The second-order valence-electron chi connectivity index (χ2n) is 6.48. The van der Waals surface area contributed by atoms with Gasteiger partial charge in [-0.05, 0) is 37.8 Å². The van der Waals surface area contributed by atoms with Crippen LogP contribution in [0.3, 0.4) is 0 Å². The Bertz CT molecular complexity index is 876. The number of alkyl halides is 3. The van der Waals surface area contributed by atoms with Crippen molar-refractivity contribution in [2.75, 3.05) is 6.54 Å². The Morgan fingerprint density at radius 1 is 1.27 bits per heavy atom. The van der Waals surface area contributed by atoms with Crippen molar-refractivity contribution in [1.29, 1.82) is 0 Å². The maximum Gasteiger partial charge on any atom is 0.438 e. The molecule has 0 spiro atoms. The van der Waals surface area contributed by atoms with Gasteiger partial charge in [-0.2, -0.15) is 13.2 Å². The topological polar surface area (TPSA) is 55.2 Å². The van der Waals surface area contributed by atoms with Gasteiger partial charge in [-0.3, -0.25) is 14.2 Å². The number of fused-ring (bicyclic) bond motifs is 1. The summed E-state index contributed by atoms with van der Waals surface area (Å²) in [5, 5.41) is 0.